The minimum atomic E-state index is -0.122. The number of carbonyl (C=O) groups is 1. The number of carbonyl (C=O) groups excluding carboxylic acids is 1. The maximum atomic E-state index is 11.8. The number of benzene rings is 1. The monoisotopic (exact) mass is 234 g/mol. The molecule has 2 amide bonds. The van der Waals surface area contributed by atoms with E-state index in [2.05, 4.69) is 17.6 Å². The molecule has 17 heavy (non-hydrogen) atoms. The second kappa shape index (κ2) is 6.28. The molecule has 3 heteroatoms. The molecule has 0 aliphatic rings. The fraction of sp³-hybridized carbons (Fsp3) is 0.500. The molecule has 0 heterocycles. The van der Waals surface area contributed by atoms with Gasteiger partial charge >= 0.3 is 6.03 Å². The van der Waals surface area contributed by atoms with Crippen LogP contribution in [-0.4, -0.2) is 12.1 Å². The van der Waals surface area contributed by atoms with E-state index in [4.69, 9.17) is 0 Å². The normalized spacial score (nSPS) is 12.0. The van der Waals surface area contributed by atoms with Gasteiger partial charge in [-0.1, -0.05) is 31.5 Å². The van der Waals surface area contributed by atoms with E-state index in [0.29, 0.717) is 0 Å². The second-order valence-electron chi connectivity index (χ2n) is 4.55. The maximum Gasteiger partial charge on any atom is 0.319 e. The number of para-hydroxylation sites is 1. The Morgan fingerprint density at radius 1 is 1.29 bits per heavy atom. The number of nitrogens with one attached hydrogen (secondary N) is 2. The van der Waals surface area contributed by atoms with E-state index in [1.807, 2.05) is 39.0 Å². The fourth-order valence-electron chi connectivity index (χ4n) is 1.89. The zero-order valence-electron chi connectivity index (χ0n) is 11.1. The predicted octanol–water partition coefficient (Wildman–Crippen LogP) is 3.61. The Bertz CT molecular complexity index is 368. The van der Waals surface area contributed by atoms with Crippen LogP contribution in [0.25, 0.3) is 0 Å². The largest absolute Gasteiger partial charge is 0.335 e. The third kappa shape index (κ3) is 4.10. The lowest BCUT2D eigenvalue weighted by atomic mass is 10.1. The molecule has 0 radical (unpaired) electrons. The summed E-state index contributed by atoms with van der Waals surface area (Å²) in [6.07, 6.45) is 2.07. The summed E-state index contributed by atoms with van der Waals surface area (Å²) in [5.41, 5.74) is 3.08. The highest BCUT2D eigenvalue weighted by Crippen LogP contribution is 2.19. The molecule has 1 unspecified atom stereocenters. The lowest BCUT2D eigenvalue weighted by Gasteiger charge is -2.16. The van der Waals surface area contributed by atoms with Gasteiger partial charge in [0.15, 0.2) is 0 Å². The number of urea groups is 1. The average Bonchev–Trinajstić information content (AvgIpc) is 2.24. The first-order valence-electron chi connectivity index (χ1n) is 6.18. The first-order chi connectivity index (χ1) is 8.04. The summed E-state index contributed by atoms with van der Waals surface area (Å²) in [5, 5.41) is 5.85. The summed E-state index contributed by atoms with van der Waals surface area (Å²) < 4.78 is 0. The van der Waals surface area contributed by atoms with Crippen molar-refractivity contribution in [2.45, 2.75) is 46.6 Å². The third-order valence-corrected chi connectivity index (χ3v) is 2.82. The SMILES string of the molecule is CCCC(C)NC(=O)Nc1c(C)cccc1C. The van der Waals surface area contributed by atoms with Crippen LogP contribution in [0.5, 0.6) is 0 Å². The van der Waals surface area contributed by atoms with Crippen LogP contribution < -0.4 is 10.6 Å². The van der Waals surface area contributed by atoms with Gasteiger partial charge in [-0.05, 0) is 38.3 Å². The highest BCUT2D eigenvalue weighted by molar-refractivity contribution is 5.91. The zero-order valence-corrected chi connectivity index (χ0v) is 11.1. The number of hydrogen-bond acceptors (Lipinski definition) is 1. The van der Waals surface area contributed by atoms with Crippen molar-refractivity contribution in [1.82, 2.24) is 5.32 Å². The van der Waals surface area contributed by atoms with Gasteiger partial charge in [0.05, 0.1) is 0 Å². The quantitative estimate of drug-likeness (QED) is 0.821. The summed E-state index contributed by atoms with van der Waals surface area (Å²) >= 11 is 0. The van der Waals surface area contributed by atoms with Crippen molar-refractivity contribution < 1.29 is 4.79 Å². The van der Waals surface area contributed by atoms with E-state index in [1.165, 1.54) is 0 Å². The molecule has 0 aromatic heterocycles. The van der Waals surface area contributed by atoms with Crippen LogP contribution >= 0.6 is 0 Å². The van der Waals surface area contributed by atoms with Gasteiger partial charge in [-0.2, -0.15) is 0 Å². The van der Waals surface area contributed by atoms with Gasteiger partial charge in [0.2, 0.25) is 0 Å². The van der Waals surface area contributed by atoms with Crippen LogP contribution in [-0.2, 0) is 0 Å². The molecule has 0 aliphatic carbocycles. The van der Waals surface area contributed by atoms with Gasteiger partial charge in [0, 0.05) is 11.7 Å². The summed E-state index contributed by atoms with van der Waals surface area (Å²) in [4.78, 5) is 11.8. The van der Waals surface area contributed by atoms with Crippen LogP contribution in [0.3, 0.4) is 0 Å². The van der Waals surface area contributed by atoms with E-state index >= 15 is 0 Å². The van der Waals surface area contributed by atoms with Crippen LogP contribution in [0.15, 0.2) is 18.2 Å². The van der Waals surface area contributed by atoms with Crippen LogP contribution in [0.2, 0.25) is 0 Å². The van der Waals surface area contributed by atoms with Crippen molar-refractivity contribution in [3.05, 3.63) is 29.3 Å². The van der Waals surface area contributed by atoms with Gasteiger partial charge in [-0.25, -0.2) is 4.79 Å². The minimum absolute atomic E-state index is 0.122. The highest BCUT2D eigenvalue weighted by Gasteiger charge is 2.09. The van der Waals surface area contributed by atoms with Crippen LogP contribution in [0.4, 0.5) is 10.5 Å². The Labute approximate surface area is 104 Å². The molecule has 0 saturated heterocycles. The Morgan fingerprint density at radius 3 is 2.41 bits per heavy atom. The molecule has 1 atom stereocenters. The number of anilines is 1. The molecular formula is C14H22N2O. The molecule has 0 spiro atoms. The number of rotatable bonds is 4. The fourth-order valence-corrected chi connectivity index (χ4v) is 1.89. The van der Waals surface area contributed by atoms with Crippen molar-refractivity contribution in [2.24, 2.45) is 0 Å². The van der Waals surface area contributed by atoms with Crippen molar-refractivity contribution >= 4 is 11.7 Å². The first-order valence-corrected chi connectivity index (χ1v) is 6.18. The van der Waals surface area contributed by atoms with E-state index in [0.717, 1.165) is 29.7 Å². The highest BCUT2D eigenvalue weighted by atomic mass is 16.2. The summed E-state index contributed by atoms with van der Waals surface area (Å²) in [5.74, 6) is 0. The number of hydrogen-bond donors (Lipinski definition) is 2. The number of amides is 2. The minimum Gasteiger partial charge on any atom is -0.335 e. The average molecular weight is 234 g/mol. The van der Waals surface area contributed by atoms with Gasteiger partial charge in [-0.3, -0.25) is 0 Å². The maximum absolute atomic E-state index is 11.8. The molecule has 3 nitrogen and oxygen atoms in total. The zero-order chi connectivity index (χ0) is 12.8. The molecule has 0 aliphatic heterocycles. The van der Waals surface area contributed by atoms with Crippen LogP contribution in [0.1, 0.15) is 37.8 Å². The molecule has 0 bridgehead atoms. The van der Waals surface area contributed by atoms with Gasteiger partial charge in [0.1, 0.15) is 0 Å². The van der Waals surface area contributed by atoms with Crippen molar-refractivity contribution in [3.63, 3.8) is 0 Å². The Balaban J connectivity index is 2.62. The van der Waals surface area contributed by atoms with Gasteiger partial charge < -0.3 is 10.6 Å². The molecule has 1 aromatic carbocycles. The Morgan fingerprint density at radius 2 is 1.88 bits per heavy atom. The number of aryl methyl sites for hydroxylation is 2. The van der Waals surface area contributed by atoms with E-state index in [-0.39, 0.29) is 12.1 Å². The predicted molar refractivity (Wildman–Crippen MR) is 72.4 cm³/mol. The second-order valence-corrected chi connectivity index (χ2v) is 4.55. The smallest absolute Gasteiger partial charge is 0.319 e. The lowest BCUT2D eigenvalue weighted by Crippen LogP contribution is -2.36. The summed E-state index contributed by atoms with van der Waals surface area (Å²) in [6, 6.07) is 6.08. The van der Waals surface area contributed by atoms with E-state index < -0.39 is 0 Å². The summed E-state index contributed by atoms with van der Waals surface area (Å²) in [7, 11) is 0. The molecule has 0 fully saturated rings. The molecule has 1 rings (SSSR count). The van der Waals surface area contributed by atoms with Crippen molar-refractivity contribution in [2.75, 3.05) is 5.32 Å². The topological polar surface area (TPSA) is 41.1 Å². The lowest BCUT2D eigenvalue weighted by molar-refractivity contribution is 0.248. The van der Waals surface area contributed by atoms with Crippen molar-refractivity contribution in [3.8, 4) is 0 Å². The van der Waals surface area contributed by atoms with E-state index in [9.17, 15) is 4.79 Å². The Kier molecular flexibility index (Phi) is 5.01. The molecule has 94 valence electrons. The molecule has 0 saturated carbocycles. The van der Waals surface area contributed by atoms with Crippen molar-refractivity contribution in [1.29, 1.82) is 0 Å². The standard InChI is InChI=1S/C14H22N2O/c1-5-7-12(4)15-14(17)16-13-10(2)8-6-9-11(13)3/h6,8-9,12H,5,7H2,1-4H3,(H2,15,16,17). The van der Waals surface area contributed by atoms with Gasteiger partial charge in [0.25, 0.3) is 0 Å². The molecular weight excluding hydrogens is 212 g/mol. The third-order valence-electron chi connectivity index (χ3n) is 2.82. The summed E-state index contributed by atoms with van der Waals surface area (Å²) in [6.45, 7) is 8.13. The molecule has 2 N–H and O–H groups in total. The van der Waals surface area contributed by atoms with E-state index in [1.54, 1.807) is 0 Å². The van der Waals surface area contributed by atoms with Crippen LogP contribution in [0, 0.1) is 13.8 Å². The first kappa shape index (κ1) is 13.6. The van der Waals surface area contributed by atoms with Gasteiger partial charge in [-0.15, -0.1) is 0 Å². The Hall–Kier alpha value is -1.51. The molecule has 1 aromatic rings.